The van der Waals surface area contributed by atoms with Crippen molar-refractivity contribution in [1.82, 2.24) is 15.1 Å². The predicted molar refractivity (Wildman–Crippen MR) is 110 cm³/mol. The van der Waals surface area contributed by atoms with Crippen LogP contribution in [0.3, 0.4) is 0 Å². The Morgan fingerprint density at radius 3 is 2.26 bits per heavy atom. The molecule has 0 aromatic heterocycles. The summed E-state index contributed by atoms with van der Waals surface area (Å²) in [7, 11) is 0. The van der Waals surface area contributed by atoms with Gasteiger partial charge in [0, 0.05) is 24.7 Å². The maximum Gasteiger partial charge on any atom is 0.224 e. The van der Waals surface area contributed by atoms with Gasteiger partial charge >= 0.3 is 0 Å². The van der Waals surface area contributed by atoms with Gasteiger partial charge < -0.3 is 5.32 Å². The molecule has 3 aliphatic rings. The topological polar surface area (TPSA) is 35.6 Å². The lowest BCUT2D eigenvalue weighted by Gasteiger charge is -2.43. The first-order valence-electron chi connectivity index (χ1n) is 11.0. The molecule has 1 aromatic rings. The Morgan fingerprint density at radius 2 is 1.63 bits per heavy atom. The van der Waals surface area contributed by atoms with Crippen LogP contribution in [0.5, 0.6) is 0 Å². The van der Waals surface area contributed by atoms with E-state index in [4.69, 9.17) is 0 Å². The van der Waals surface area contributed by atoms with Crippen LogP contribution in [0, 0.1) is 5.92 Å². The van der Waals surface area contributed by atoms with Crippen molar-refractivity contribution in [1.29, 1.82) is 0 Å². The van der Waals surface area contributed by atoms with Crippen LogP contribution in [0.2, 0.25) is 0 Å². The Bertz CT molecular complexity index is 626. The van der Waals surface area contributed by atoms with Crippen LogP contribution in [0.1, 0.15) is 50.7 Å². The molecule has 4 heteroatoms. The third-order valence-corrected chi connectivity index (χ3v) is 6.82. The molecule has 0 radical (unpaired) electrons. The quantitative estimate of drug-likeness (QED) is 0.886. The molecule has 4 nitrogen and oxygen atoms in total. The highest BCUT2D eigenvalue weighted by Gasteiger charge is 2.34. The predicted octanol–water partition coefficient (Wildman–Crippen LogP) is 2.85. The molecule has 1 aromatic carbocycles. The highest BCUT2D eigenvalue weighted by molar-refractivity contribution is 5.79. The smallest absolute Gasteiger partial charge is 0.224 e. The Kier molecular flexibility index (Phi) is 5.84. The molecule has 27 heavy (non-hydrogen) atoms. The molecule has 1 amide bonds. The van der Waals surface area contributed by atoms with Gasteiger partial charge in [-0.05, 0) is 83.1 Å². The van der Waals surface area contributed by atoms with Crippen LogP contribution in [-0.2, 0) is 17.6 Å². The second-order valence-corrected chi connectivity index (χ2v) is 9.10. The largest absolute Gasteiger partial charge is 0.354 e. The molecule has 0 bridgehead atoms. The number of rotatable bonds is 4. The van der Waals surface area contributed by atoms with Gasteiger partial charge in [0.25, 0.3) is 0 Å². The fraction of sp³-hybridized carbons (Fsp3) is 0.696. The molecule has 4 rings (SSSR count). The average Bonchev–Trinajstić information content (AvgIpc) is 3.12. The summed E-state index contributed by atoms with van der Waals surface area (Å²) in [5.74, 6) is 0.444. The average molecular weight is 370 g/mol. The summed E-state index contributed by atoms with van der Waals surface area (Å²) in [6.45, 7) is 8.65. The van der Waals surface area contributed by atoms with Crippen LogP contribution >= 0.6 is 0 Å². The van der Waals surface area contributed by atoms with Crippen LogP contribution in [0.25, 0.3) is 0 Å². The van der Waals surface area contributed by atoms with Crippen LogP contribution in [0.15, 0.2) is 24.3 Å². The van der Waals surface area contributed by atoms with Gasteiger partial charge in [-0.3, -0.25) is 14.6 Å². The number of amides is 1. The van der Waals surface area contributed by atoms with E-state index in [-0.39, 0.29) is 17.9 Å². The number of carbonyl (C=O) groups excluding carboxylic acids is 1. The monoisotopic (exact) mass is 369 g/mol. The summed E-state index contributed by atoms with van der Waals surface area (Å²) in [5.41, 5.74) is 3.11. The summed E-state index contributed by atoms with van der Waals surface area (Å²) in [6, 6.07) is 10.6. The molecule has 0 saturated carbocycles. The Balaban J connectivity index is 1.27. The number of hydrogen-bond donors (Lipinski definition) is 1. The fourth-order valence-electron chi connectivity index (χ4n) is 5.36. The zero-order valence-electron chi connectivity index (χ0n) is 17.0. The molecular weight excluding hydrogens is 334 g/mol. The zero-order valence-corrected chi connectivity index (χ0v) is 17.0. The minimum Gasteiger partial charge on any atom is -0.354 e. The number of nitrogens with zero attached hydrogens (tertiary/aromatic N) is 2. The fourth-order valence-corrected chi connectivity index (χ4v) is 5.36. The van der Waals surface area contributed by atoms with Crippen molar-refractivity contribution in [2.75, 3.05) is 26.2 Å². The molecule has 1 aliphatic carbocycles. The van der Waals surface area contributed by atoms with E-state index in [2.05, 4.69) is 53.2 Å². The first-order chi connectivity index (χ1) is 13.1. The van der Waals surface area contributed by atoms with E-state index in [0.717, 1.165) is 19.4 Å². The molecule has 2 fully saturated rings. The lowest BCUT2D eigenvalue weighted by molar-refractivity contribution is -0.127. The highest BCUT2D eigenvalue weighted by atomic mass is 16.2. The minimum atomic E-state index is 0.184. The molecule has 1 atom stereocenters. The van der Waals surface area contributed by atoms with Gasteiger partial charge in [0.15, 0.2) is 0 Å². The summed E-state index contributed by atoms with van der Waals surface area (Å²) in [6.07, 6.45) is 7.17. The van der Waals surface area contributed by atoms with Gasteiger partial charge in [0.1, 0.15) is 0 Å². The standard InChI is InChI=1S/C23H35N3O/c1-17(2)24-23(27)20-8-5-11-26(16-20)21-9-12-25(13-10-21)22-14-18-6-3-4-7-19(18)15-22/h3-4,6-7,17,20-22H,5,8-16H2,1-2H3,(H,24,27). The number of carbonyl (C=O) groups is 1. The van der Waals surface area contributed by atoms with Crippen LogP contribution in [-0.4, -0.2) is 60.0 Å². The molecule has 0 spiro atoms. The Hall–Kier alpha value is -1.39. The molecule has 148 valence electrons. The lowest BCUT2D eigenvalue weighted by Crippen LogP contribution is -2.52. The molecular formula is C23H35N3O. The van der Waals surface area contributed by atoms with Crippen LogP contribution < -0.4 is 5.32 Å². The van der Waals surface area contributed by atoms with E-state index in [9.17, 15) is 4.79 Å². The second kappa shape index (κ2) is 8.32. The van der Waals surface area contributed by atoms with Crippen molar-refractivity contribution in [3.8, 4) is 0 Å². The minimum absolute atomic E-state index is 0.184. The number of benzene rings is 1. The lowest BCUT2D eigenvalue weighted by atomic mass is 9.92. The van der Waals surface area contributed by atoms with E-state index < -0.39 is 0 Å². The van der Waals surface area contributed by atoms with Crippen LogP contribution in [0.4, 0.5) is 0 Å². The van der Waals surface area contributed by atoms with Gasteiger partial charge in [-0.2, -0.15) is 0 Å². The van der Waals surface area contributed by atoms with E-state index in [1.54, 1.807) is 11.1 Å². The Labute approximate surface area is 164 Å². The Morgan fingerprint density at radius 1 is 0.963 bits per heavy atom. The summed E-state index contributed by atoms with van der Waals surface area (Å²) < 4.78 is 0. The van der Waals surface area contributed by atoms with E-state index >= 15 is 0 Å². The van der Waals surface area contributed by atoms with Crippen molar-refractivity contribution < 1.29 is 4.79 Å². The van der Waals surface area contributed by atoms with Gasteiger partial charge in [-0.15, -0.1) is 0 Å². The second-order valence-electron chi connectivity index (χ2n) is 9.10. The van der Waals surface area contributed by atoms with E-state index in [1.807, 2.05) is 0 Å². The summed E-state index contributed by atoms with van der Waals surface area (Å²) in [4.78, 5) is 17.8. The van der Waals surface area contributed by atoms with Crippen molar-refractivity contribution in [2.45, 2.75) is 70.5 Å². The zero-order chi connectivity index (χ0) is 18.8. The molecule has 2 saturated heterocycles. The SMILES string of the molecule is CC(C)NC(=O)C1CCCN(C2CCN(C3Cc4ccccc4C3)CC2)C1. The van der Waals surface area contributed by atoms with Crippen molar-refractivity contribution in [3.05, 3.63) is 35.4 Å². The van der Waals surface area contributed by atoms with Crippen molar-refractivity contribution >= 4 is 5.91 Å². The first-order valence-corrected chi connectivity index (χ1v) is 11.0. The van der Waals surface area contributed by atoms with E-state index in [1.165, 1.54) is 45.3 Å². The third kappa shape index (κ3) is 4.38. The maximum absolute atomic E-state index is 12.4. The van der Waals surface area contributed by atoms with E-state index in [0.29, 0.717) is 12.1 Å². The summed E-state index contributed by atoms with van der Waals surface area (Å²) in [5, 5.41) is 3.11. The number of hydrogen-bond acceptors (Lipinski definition) is 3. The maximum atomic E-state index is 12.4. The number of piperidine rings is 2. The highest BCUT2D eigenvalue weighted by Crippen LogP contribution is 2.29. The normalized spacial score (nSPS) is 25.7. The van der Waals surface area contributed by atoms with Gasteiger partial charge in [-0.1, -0.05) is 24.3 Å². The summed E-state index contributed by atoms with van der Waals surface area (Å²) >= 11 is 0. The molecule has 1 unspecified atom stereocenters. The van der Waals surface area contributed by atoms with Gasteiger partial charge in [0.2, 0.25) is 5.91 Å². The molecule has 2 heterocycles. The first kappa shape index (κ1) is 18.9. The number of fused-ring (bicyclic) bond motifs is 1. The van der Waals surface area contributed by atoms with Crippen molar-refractivity contribution in [3.63, 3.8) is 0 Å². The van der Waals surface area contributed by atoms with Crippen molar-refractivity contribution in [2.24, 2.45) is 5.92 Å². The number of nitrogens with one attached hydrogen (secondary N) is 1. The molecule has 1 N–H and O–H groups in total. The molecule has 2 aliphatic heterocycles. The van der Waals surface area contributed by atoms with Gasteiger partial charge in [0.05, 0.1) is 5.92 Å². The van der Waals surface area contributed by atoms with Gasteiger partial charge in [-0.25, -0.2) is 0 Å². The third-order valence-electron chi connectivity index (χ3n) is 6.82. The number of likely N-dealkylation sites (tertiary alicyclic amines) is 2.